The van der Waals surface area contributed by atoms with Crippen LogP contribution in [0.3, 0.4) is 0 Å². The monoisotopic (exact) mass is 312 g/mol. The molecule has 2 heterocycles. The van der Waals surface area contributed by atoms with Gasteiger partial charge in [-0.1, -0.05) is 29.8 Å². The molecule has 3 rings (SSSR count). The maximum Gasteiger partial charge on any atom is 0.160 e. The van der Waals surface area contributed by atoms with Crippen LogP contribution in [0.5, 0.6) is 0 Å². The summed E-state index contributed by atoms with van der Waals surface area (Å²) in [7, 11) is 0. The molecule has 0 fully saturated rings. The van der Waals surface area contributed by atoms with Gasteiger partial charge in [0.1, 0.15) is 17.8 Å². The first-order chi connectivity index (χ1) is 10.7. The number of aromatic nitrogens is 3. The molecule has 2 aromatic heterocycles. The van der Waals surface area contributed by atoms with Gasteiger partial charge in [-0.15, -0.1) is 0 Å². The fraction of sp³-hybridized carbons (Fsp3) is 0. The van der Waals surface area contributed by atoms with Gasteiger partial charge in [0.25, 0.3) is 0 Å². The molecule has 0 radical (unpaired) electrons. The maximum absolute atomic E-state index is 6.11. The predicted molar refractivity (Wildman–Crippen MR) is 88.7 cm³/mol. The average molecular weight is 313 g/mol. The summed E-state index contributed by atoms with van der Waals surface area (Å²) in [6.45, 7) is 0. The number of nitrogens with two attached hydrogens (primary N) is 1. The molecule has 0 amide bonds. The van der Waals surface area contributed by atoms with Crippen LogP contribution in [-0.4, -0.2) is 15.0 Å². The Bertz CT molecular complexity index is 761. The van der Waals surface area contributed by atoms with Crippen molar-refractivity contribution in [2.75, 3.05) is 16.4 Å². The van der Waals surface area contributed by atoms with Crippen LogP contribution >= 0.6 is 11.6 Å². The lowest BCUT2D eigenvalue weighted by molar-refractivity contribution is 1.16. The molecule has 0 saturated carbocycles. The van der Waals surface area contributed by atoms with Crippen LogP contribution in [0.25, 0.3) is 0 Å². The van der Waals surface area contributed by atoms with Gasteiger partial charge in [0.15, 0.2) is 11.6 Å². The fourth-order valence-corrected chi connectivity index (χ4v) is 1.94. The number of nitrogens with one attached hydrogen (secondary N) is 2. The summed E-state index contributed by atoms with van der Waals surface area (Å²) in [5.74, 6) is 1.60. The maximum atomic E-state index is 6.11. The second kappa shape index (κ2) is 6.28. The Morgan fingerprint density at radius 1 is 0.864 bits per heavy atom. The van der Waals surface area contributed by atoms with Gasteiger partial charge >= 0.3 is 0 Å². The topological polar surface area (TPSA) is 88.8 Å². The van der Waals surface area contributed by atoms with E-state index in [2.05, 4.69) is 25.6 Å². The molecule has 7 heteroatoms. The van der Waals surface area contributed by atoms with Crippen LogP contribution in [0.2, 0.25) is 5.02 Å². The van der Waals surface area contributed by atoms with Gasteiger partial charge in [0, 0.05) is 11.9 Å². The minimum atomic E-state index is 0.406. The summed E-state index contributed by atoms with van der Waals surface area (Å²) >= 11 is 5.81. The molecule has 0 unspecified atom stereocenters. The Morgan fingerprint density at radius 2 is 1.59 bits per heavy atom. The number of halogens is 1. The van der Waals surface area contributed by atoms with Gasteiger partial charge in [0.2, 0.25) is 0 Å². The van der Waals surface area contributed by atoms with E-state index in [0.29, 0.717) is 28.2 Å². The zero-order chi connectivity index (χ0) is 15.4. The molecule has 0 atom stereocenters. The van der Waals surface area contributed by atoms with Gasteiger partial charge in [-0.05, 0) is 24.3 Å². The molecule has 0 bridgehead atoms. The summed E-state index contributed by atoms with van der Waals surface area (Å²) in [6, 6.07) is 13.1. The van der Waals surface area contributed by atoms with E-state index in [1.165, 1.54) is 6.33 Å². The van der Waals surface area contributed by atoms with E-state index in [1.807, 2.05) is 30.3 Å². The Morgan fingerprint density at radius 3 is 2.27 bits per heavy atom. The molecule has 0 aliphatic rings. The second-order valence-corrected chi connectivity index (χ2v) is 4.90. The molecule has 110 valence electrons. The number of hydrogen-bond donors (Lipinski definition) is 3. The molecule has 3 aromatic rings. The summed E-state index contributed by atoms with van der Waals surface area (Å²) in [5.41, 5.74) is 7.40. The smallest absolute Gasteiger partial charge is 0.160 e. The third-order valence-electron chi connectivity index (χ3n) is 2.89. The SMILES string of the molecule is Nc1c(Nc2ccccc2)ncnc1Nc1ccc(Cl)cn1. The summed E-state index contributed by atoms with van der Waals surface area (Å²) in [5, 5.41) is 6.75. The highest BCUT2D eigenvalue weighted by Crippen LogP contribution is 2.27. The molecular weight excluding hydrogens is 300 g/mol. The molecule has 0 aliphatic heterocycles. The Kier molecular flexibility index (Phi) is 4.02. The number of para-hydroxylation sites is 1. The van der Waals surface area contributed by atoms with Crippen LogP contribution in [0.1, 0.15) is 0 Å². The van der Waals surface area contributed by atoms with Gasteiger partial charge in [-0.2, -0.15) is 0 Å². The molecule has 22 heavy (non-hydrogen) atoms. The highest BCUT2D eigenvalue weighted by atomic mass is 35.5. The van der Waals surface area contributed by atoms with Gasteiger partial charge < -0.3 is 16.4 Å². The largest absolute Gasteiger partial charge is 0.393 e. The Hall–Kier alpha value is -2.86. The molecule has 0 saturated heterocycles. The van der Waals surface area contributed by atoms with Crippen molar-refractivity contribution < 1.29 is 0 Å². The fourth-order valence-electron chi connectivity index (χ4n) is 1.82. The van der Waals surface area contributed by atoms with Crippen LogP contribution in [0.4, 0.5) is 28.8 Å². The van der Waals surface area contributed by atoms with E-state index in [1.54, 1.807) is 18.3 Å². The quantitative estimate of drug-likeness (QED) is 0.682. The number of nitrogens with zero attached hydrogens (tertiary/aromatic N) is 3. The first-order valence-electron chi connectivity index (χ1n) is 6.53. The van der Waals surface area contributed by atoms with Crippen molar-refractivity contribution >= 4 is 40.4 Å². The summed E-state index contributed by atoms with van der Waals surface area (Å²) in [4.78, 5) is 12.4. The summed E-state index contributed by atoms with van der Waals surface area (Å²) in [6.07, 6.45) is 2.98. The van der Waals surface area contributed by atoms with E-state index in [9.17, 15) is 0 Å². The van der Waals surface area contributed by atoms with E-state index in [4.69, 9.17) is 17.3 Å². The molecule has 0 spiro atoms. The van der Waals surface area contributed by atoms with Gasteiger partial charge in [0.05, 0.1) is 5.02 Å². The number of hydrogen-bond acceptors (Lipinski definition) is 6. The van der Waals surface area contributed by atoms with Crippen LogP contribution in [0, 0.1) is 0 Å². The minimum Gasteiger partial charge on any atom is -0.393 e. The third kappa shape index (κ3) is 3.24. The molecule has 4 N–H and O–H groups in total. The van der Waals surface area contributed by atoms with Crippen molar-refractivity contribution in [2.45, 2.75) is 0 Å². The highest BCUT2D eigenvalue weighted by molar-refractivity contribution is 6.30. The van der Waals surface area contributed by atoms with Crippen molar-refractivity contribution in [1.29, 1.82) is 0 Å². The zero-order valence-corrected chi connectivity index (χ0v) is 12.2. The average Bonchev–Trinajstić information content (AvgIpc) is 2.54. The van der Waals surface area contributed by atoms with Crippen LogP contribution in [-0.2, 0) is 0 Å². The number of anilines is 5. The number of benzene rings is 1. The number of nitrogen functional groups attached to an aromatic ring is 1. The van der Waals surface area contributed by atoms with Crippen molar-refractivity contribution in [1.82, 2.24) is 15.0 Å². The zero-order valence-electron chi connectivity index (χ0n) is 11.5. The van der Waals surface area contributed by atoms with E-state index < -0.39 is 0 Å². The standard InChI is InChI=1S/C15H13ClN6/c16-10-6-7-12(18-8-10)22-15-13(17)14(19-9-20-15)21-11-4-2-1-3-5-11/h1-9H,17H2,(H2,18,19,20,21,22). The molecular formula is C15H13ClN6. The van der Waals surface area contributed by atoms with Gasteiger partial charge in [-0.3, -0.25) is 0 Å². The Balaban J connectivity index is 1.84. The van der Waals surface area contributed by atoms with Crippen LogP contribution < -0.4 is 16.4 Å². The van der Waals surface area contributed by atoms with E-state index >= 15 is 0 Å². The number of pyridine rings is 1. The van der Waals surface area contributed by atoms with Crippen molar-refractivity contribution in [3.8, 4) is 0 Å². The second-order valence-electron chi connectivity index (χ2n) is 4.46. The predicted octanol–water partition coefficient (Wildman–Crippen LogP) is 3.59. The first-order valence-corrected chi connectivity index (χ1v) is 6.91. The van der Waals surface area contributed by atoms with Crippen molar-refractivity contribution in [3.63, 3.8) is 0 Å². The lowest BCUT2D eigenvalue weighted by atomic mass is 10.3. The minimum absolute atomic E-state index is 0.406. The Labute approximate surface area is 132 Å². The lowest BCUT2D eigenvalue weighted by Crippen LogP contribution is -2.05. The van der Waals surface area contributed by atoms with Crippen molar-refractivity contribution in [2.24, 2.45) is 0 Å². The van der Waals surface area contributed by atoms with Crippen molar-refractivity contribution in [3.05, 3.63) is 60.0 Å². The normalized spacial score (nSPS) is 10.2. The highest BCUT2D eigenvalue weighted by Gasteiger charge is 2.09. The number of rotatable bonds is 4. The molecule has 1 aromatic carbocycles. The van der Waals surface area contributed by atoms with E-state index in [0.717, 1.165) is 5.69 Å². The van der Waals surface area contributed by atoms with Crippen LogP contribution in [0.15, 0.2) is 55.0 Å². The molecule has 0 aliphatic carbocycles. The lowest BCUT2D eigenvalue weighted by Gasteiger charge is -2.12. The molecule has 6 nitrogen and oxygen atoms in total. The van der Waals surface area contributed by atoms with Gasteiger partial charge in [-0.25, -0.2) is 15.0 Å². The van der Waals surface area contributed by atoms with E-state index in [-0.39, 0.29) is 0 Å². The first kappa shape index (κ1) is 14.1. The summed E-state index contributed by atoms with van der Waals surface area (Å²) < 4.78 is 0. The third-order valence-corrected chi connectivity index (χ3v) is 3.12.